The molecule has 2 atom stereocenters. The van der Waals surface area contributed by atoms with Crippen LogP contribution in [0.3, 0.4) is 0 Å². The first-order chi connectivity index (χ1) is 15.6. The lowest BCUT2D eigenvalue weighted by atomic mass is 9.77. The zero-order valence-electron chi connectivity index (χ0n) is 19.7. The largest absolute Gasteiger partial charge is 0.351 e. The van der Waals surface area contributed by atoms with Gasteiger partial charge in [0.15, 0.2) is 0 Å². The molecule has 1 amide bonds. The average Bonchev–Trinajstić information content (AvgIpc) is 3.48. The summed E-state index contributed by atoms with van der Waals surface area (Å²) < 4.78 is 39.8. The Balaban J connectivity index is 0.000000245. The van der Waals surface area contributed by atoms with Crippen molar-refractivity contribution in [3.8, 4) is 0 Å². The van der Waals surface area contributed by atoms with Crippen LogP contribution in [-0.2, 0) is 14.8 Å². The molecule has 3 rings (SSSR count). The maximum Gasteiger partial charge on any atom is 0.218 e. The minimum Gasteiger partial charge on any atom is -0.351 e. The van der Waals surface area contributed by atoms with Crippen molar-refractivity contribution in [3.63, 3.8) is 0 Å². The van der Waals surface area contributed by atoms with Gasteiger partial charge in [-0.25, -0.2) is 17.1 Å². The fourth-order valence-electron chi connectivity index (χ4n) is 4.82. The van der Waals surface area contributed by atoms with Crippen LogP contribution < -0.4 is 10.6 Å². The summed E-state index contributed by atoms with van der Waals surface area (Å²) in [6.45, 7) is 5.95. The van der Waals surface area contributed by atoms with Gasteiger partial charge in [-0.3, -0.25) is 4.79 Å². The van der Waals surface area contributed by atoms with Crippen LogP contribution in [0.25, 0.3) is 0 Å². The second-order valence-corrected chi connectivity index (χ2v) is 12.1. The number of amides is 1. The number of halogens is 3. The Morgan fingerprint density at radius 3 is 2.30 bits per heavy atom. The minimum absolute atomic E-state index is 0.184. The van der Waals surface area contributed by atoms with Gasteiger partial charge in [0.2, 0.25) is 16.4 Å². The van der Waals surface area contributed by atoms with E-state index in [0.29, 0.717) is 43.1 Å². The normalized spacial score (nSPS) is 20.1. The lowest BCUT2D eigenvalue weighted by Crippen LogP contribution is -2.41. The molecule has 10 heteroatoms. The minimum atomic E-state index is -3.04. The molecule has 1 heterocycles. The van der Waals surface area contributed by atoms with E-state index < -0.39 is 21.9 Å². The number of rotatable bonds is 9. The second kappa shape index (κ2) is 12.7. The van der Waals surface area contributed by atoms with Crippen molar-refractivity contribution in [2.45, 2.75) is 70.1 Å². The molecule has 6 nitrogen and oxygen atoms in total. The number of carbonyl (C=O) groups excluding carboxylic acids is 1. The lowest BCUT2D eigenvalue weighted by Gasteiger charge is -2.34. The van der Waals surface area contributed by atoms with Crippen molar-refractivity contribution in [2.75, 3.05) is 26.7 Å². The third-order valence-electron chi connectivity index (χ3n) is 6.78. The van der Waals surface area contributed by atoms with E-state index >= 15 is 0 Å². The van der Waals surface area contributed by atoms with Gasteiger partial charge >= 0.3 is 0 Å². The second-order valence-electron chi connectivity index (χ2n) is 9.07. The van der Waals surface area contributed by atoms with Crippen molar-refractivity contribution >= 4 is 39.6 Å². The third-order valence-corrected chi connectivity index (χ3v) is 10.0. The molecule has 1 aromatic carbocycles. The van der Waals surface area contributed by atoms with Gasteiger partial charge in [0.05, 0.1) is 21.3 Å². The Morgan fingerprint density at radius 2 is 1.79 bits per heavy atom. The van der Waals surface area contributed by atoms with E-state index in [-0.39, 0.29) is 15.7 Å². The Morgan fingerprint density at radius 1 is 1.18 bits per heavy atom. The van der Waals surface area contributed by atoms with Crippen LogP contribution in [0.5, 0.6) is 0 Å². The summed E-state index contributed by atoms with van der Waals surface area (Å²) in [5, 5.41) is 5.90. The van der Waals surface area contributed by atoms with Gasteiger partial charge < -0.3 is 10.6 Å². The van der Waals surface area contributed by atoms with Crippen LogP contribution in [0.15, 0.2) is 12.1 Å². The molecule has 188 valence electrons. The average molecular weight is 525 g/mol. The van der Waals surface area contributed by atoms with Crippen LogP contribution in [-0.4, -0.2) is 51.1 Å². The van der Waals surface area contributed by atoms with Gasteiger partial charge in [0, 0.05) is 25.2 Å². The van der Waals surface area contributed by atoms with Crippen LogP contribution in [0.1, 0.15) is 70.4 Å². The summed E-state index contributed by atoms with van der Waals surface area (Å²) in [6.07, 6.45) is 7.32. The molecule has 33 heavy (non-hydrogen) atoms. The summed E-state index contributed by atoms with van der Waals surface area (Å²) in [4.78, 5) is 10.9. The van der Waals surface area contributed by atoms with Crippen molar-refractivity contribution in [3.05, 3.63) is 33.6 Å². The molecule has 0 aromatic heterocycles. The highest BCUT2D eigenvalue weighted by atomic mass is 35.5. The van der Waals surface area contributed by atoms with Gasteiger partial charge in [0.25, 0.3) is 0 Å². The van der Waals surface area contributed by atoms with E-state index in [1.807, 2.05) is 6.92 Å². The summed E-state index contributed by atoms with van der Waals surface area (Å²) in [6, 6.07) is 2.28. The molecule has 0 spiro atoms. The van der Waals surface area contributed by atoms with E-state index in [0.717, 1.165) is 38.5 Å². The maximum atomic E-state index is 14.1. The number of hydrogen-bond acceptors (Lipinski definition) is 4. The van der Waals surface area contributed by atoms with Crippen molar-refractivity contribution < 1.29 is 17.6 Å². The molecule has 1 saturated heterocycles. The SMILES string of the molecule is CC1(C(NC=O)c2c(F)ccc(Cl)c2Cl)CCCC1.CCC(CNC)S(=O)(=O)N1CCCC1. The highest BCUT2D eigenvalue weighted by Crippen LogP contribution is 2.49. The van der Waals surface area contributed by atoms with E-state index in [1.165, 1.54) is 12.1 Å². The molecule has 1 aromatic rings. The fraction of sp³-hybridized carbons (Fsp3) is 0.696. The number of nitrogens with zero attached hydrogens (tertiary/aromatic N) is 1. The van der Waals surface area contributed by atoms with Crippen LogP contribution in [0, 0.1) is 11.2 Å². The Kier molecular flexibility index (Phi) is 10.9. The Bertz CT molecular complexity index is 889. The number of sulfonamides is 1. The molecule has 2 unspecified atom stereocenters. The van der Waals surface area contributed by atoms with Crippen LogP contribution in [0.4, 0.5) is 4.39 Å². The van der Waals surface area contributed by atoms with Crippen LogP contribution >= 0.6 is 23.2 Å². The molecule has 1 saturated carbocycles. The fourth-order valence-corrected chi connectivity index (χ4v) is 7.24. The quantitative estimate of drug-likeness (QED) is 0.356. The number of hydrogen-bond donors (Lipinski definition) is 2. The third kappa shape index (κ3) is 6.82. The van der Waals surface area contributed by atoms with Crippen molar-refractivity contribution in [1.29, 1.82) is 0 Å². The highest BCUT2D eigenvalue weighted by molar-refractivity contribution is 7.89. The summed E-state index contributed by atoms with van der Waals surface area (Å²) in [7, 11) is -1.25. The molecule has 1 aliphatic heterocycles. The molecular weight excluding hydrogens is 488 g/mol. The first kappa shape index (κ1) is 28.3. The zero-order chi connectivity index (χ0) is 24.6. The first-order valence-corrected chi connectivity index (χ1v) is 13.8. The maximum absolute atomic E-state index is 14.1. The predicted octanol–water partition coefficient (Wildman–Crippen LogP) is 4.91. The Labute approximate surface area is 207 Å². The summed E-state index contributed by atoms with van der Waals surface area (Å²) in [5.41, 5.74) is 0.112. The molecule has 1 aliphatic carbocycles. The van der Waals surface area contributed by atoms with Gasteiger partial charge in [-0.1, -0.05) is 49.9 Å². The van der Waals surface area contributed by atoms with E-state index in [1.54, 1.807) is 11.4 Å². The zero-order valence-corrected chi connectivity index (χ0v) is 22.0. The highest BCUT2D eigenvalue weighted by Gasteiger charge is 2.40. The number of nitrogens with one attached hydrogen (secondary N) is 2. The van der Waals surface area contributed by atoms with Gasteiger partial charge in [-0.05, 0) is 56.7 Å². The number of benzene rings is 1. The first-order valence-electron chi connectivity index (χ1n) is 11.6. The van der Waals surface area contributed by atoms with Gasteiger partial charge in [-0.2, -0.15) is 0 Å². The molecule has 0 radical (unpaired) electrons. The van der Waals surface area contributed by atoms with E-state index in [9.17, 15) is 17.6 Å². The van der Waals surface area contributed by atoms with E-state index in [2.05, 4.69) is 17.6 Å². The number of carbonyl (C=O) groups is 1. The smallest absolute Gasteiger partial charge is 0.218 e. The molecule has 2 N–H and O–H groups in total. The molecule has 2 aliphatic rings. The molecule has 2 fully saturated rings. The van der Waals surface area contributed by atoms with Gasteiger partial charge in [-0.15, -0.1) is 0 Å². The summed E-state index contributed by atoms with van der Waals surface area (Å²) >= 11 is 12.1. The Hall–Kier alpha value is -0.930. The van der Waals surface area contributed by atoms with E-state index in [4.69, 9.17) is 23.2 Å². The predicted molar refractivity (Wildman–Crippen MR) is 133 cm³/mol. The van der Waals surface area contributed by atoms with Crippen molar-refractivity contribution in [2.24, 2.45) is 5.41 Å². The molecular formula is C23H36Cl2FN3O3S. The monoisotopic (exact) mass is 523 g/mol. The van der Waals surface area contributed by atoms with Gasteiger partial charge in [0.1, 0.15) is 5.82 Å². The van der Waals surface area contributed by atoms with Crippen LogP contribution in [0.2, 0.25) is 10.0 Å². The summed E-state index contributed by atoms with van der Waals surface area (Å²) in [5.74, 6) is -0.429. The lowest BCUT2D eigenvalue weighted by molar-refractivity contribution is -0.111. The molecule has 0 bridgehead atoms. The topological polar surface area (TPSA) is 78.5 Å². The standard InChI is InChI=1S/C14H16Cl2FNO.C9H20N2O2S/c1-14(6-2-3-7-14)13(18-8-19)11-10(17)5-4-9(15)12(11)16;1-3-9(8-10-2)14(12,13)11-6-4-5-7-11/h4-5,8,13H,2-3,6-7H2,1H3,(H,18,19);9-10H,3-8H2,1-2H3. The van der Waals surface area contributed by atoms with Crippen molar-refractivity contribution in [1.82, 2.24) is 14.9 Å².